The quantitative estimate of drug-likeness (QED) is 0.514. The van der Waals surface area contributed by atoms with Crippen molar-refractivity contribution in [3.05, 3.63) is 11.9 Å². The van der Waals surface area contributed by atoms with Gasteiger partial charge in [0.15, 0.2) is 0 Å². The first kappa shape index (κ1) is 4.64. The molecule has 0 amide bonds. The van der Waals surface area contributed by atoms with Crippen molar-refractivity contribution in [3.63, 3.8) is 0 Å². The van der Waals surface area contributed by atoms with Gasteiger partial charge in [0.25, 0.3) is 0 Å². The predicted molar refractivity (Wildman–Crippen MR) is 29.1 cm³/mol. The predicted octanol–water partition coefficient (Wildman–Crippen LogP) is 0.234. The fourth-order valence-corrected chi connectivity index (χ4v) is 0.457. The molecule has 0 radical (unpaired) electrons. The number of aromatic nitrogens is 3. The van der Waals surface area contributed by atoms with Crippen molar-refractivity contribution < 1.29 is 0 Å². The first-order chi connectivity index (χ1) is 3.43. The van der Waals surface area contributed by atoms with E-state index in [1.54, 1.807) is 6.20 Å². The first-order valence-electron chi connectivity index (χ1n) is 1.89. The number of hydrogen-bond donors (Lipinski definition) is 2. The van der Waals surface area contributed by atoms with Gasteiger partial charge in [0, 0.05) is 11.9 Å². The van der Waals surface area contributed by atoms with Crippen molar-refractivity contribution in [1.29, 1.82) is 0 Å². The summed E-state index contributed by atoms with van der Waals surface area (Å²) in [7, 11) is 0. The van der Waals surface area contributed by atoms with Crippen LogP contribution in [0.5, 0.6) is 0 Å². The van der Waals surface area contributed by atoms with Gasteiger partial charge in [-0.25, -0.2) is 0 Å². The van der Waals surface area contributed by atoms with Gasteiger partial charge in [0.05, 0.1) is 5.69 Å². The van der Waals surface area contributed by atoms with Crippen molar-refractivity contribution in [2.75, 3.05) is 0 Å². The van der Waals surface area contributed by atoms with Gasteiger partial charge in [-0.2, -0.15) is 12.6 Å². The highest BCUT2D eigenvalue weighted by Gasteiger charge is 1.85. The van der Waals surface area contributed by atoms with E-state index in [1.807, 2.05) is 0 Å². The number of thiol groups is 1. The molecule has 0 bridgehead atoms. The molecule has 3 nitrogen and oxygen atoms in total. The van der Waals surface area contributed by atoms with Gasteiger partial charge in [-0.1, -0.05) is 5.21 Å². The van der Waals surface area contributed by atoms with Gasteiger partial charge in [0.2, 0.25) is 0 Å². The van der Waals surface area contributed by atoms with Crippen molar-refractivity contribution in [1.82, 2.24) is 15.4 Å². The highest BCUT2D eigenvalue weighted by Crippen LogP contribution is 1.91. The molecule has 7 heavy (non-hydrogen) atoms. The van der Waals surface area contributed by atoms with Crippen LogP contribution in [0.3, 0.4) is 0 Å². The normalized spacial score (nSPS) is 9.29. The molecular formula is C3H5N3S. The number of nitrogens with one attached hydrogen (secondary N) is 1. The number of H-pyrrole nitrogens is 1. The highest BCUT2D eigenvalue weighted by atomic mass is 32.1. The van der Waals surface area contributed by atoms with Crippen LogP contribution in [0.2, 0.25) is 0 Å². The third kappa shape index (κ3) is 0.928. The highest BCUT2D eigenvalue weighted by molar-refractivity contribution is 7.79. The molecule has 0 aliphatic rings. The van der Waals surface area contributed by atoms with Gasteiger partial charge in [-0.3, -0.25) is 5.10 Å². The molecule has 38 valence electrons. The molecule has 0 atom stereocenters. The number of aromatic amines is 1. The van der Waals surface area contributed by atoms with Crippen molar-refractivity contribution in [2.24, 2.45) is 0 Å². The molecule has 1 N–H and O–H groups in total. The molecule has 0 saturated heterocycles. The maximum atomic E-state index is 3.95. The van der Waals surface area contributed by atoms with Crippen LogP contribution in [0.15, 0.2) is 6.20 Å². The van der Waals surface area contributed by atoms with Crippen LogP contribution >= 0.6 is 12.6 Å². The summed E-state index contributed by atoms with van der Waals surface area (Å²) in [5.74, 6) is 0.649. The number of rotatable bonds is 1. The second kappa shape index (κ2) is 1.97. The molecule has 4 heteroatoms. The largest absolute Gasteiger partial charge is 0.265 e. The van der Waals surface area contributed by atoms with Crippen LogP contribution in [0.1, 0.15) is 5.69 Å². The Morgan fingerprint density at radius 1 is 1.86 bits per heavy atom. The summed E-state index contributed by atoms with van der Waals surface area (Å²) in [6, 6.07) is 0. The molecule has 0 aliphatic carbocycles. The standard InChI is InChI=1S/C3H5N3S/c7-2-3-1-4-6-5-3/h1,7H,2H2,(H,4,5,6). The van der Waals surface area contributed by atoms with Gasteiger partial charge < -0.3 is 0 Å². The Labute approximate surface area is 46.5 Å². The third-order valence-corrected chi connectivity index (χ3v) is 0.953. The molecule has 1 rings (SSSR count). The average Bonchev–Trinajstić information content (AvgIpc) is 2.14. The fraction of sp³-hybridized carbons (Fsp3) is 0.333. The topological polar surface area (TPSA) is 41.6 Å². The van der Waals surface area contributed by atoms with E-state index in [4.69, 9.17) is 0 Å². The van der Waals surface area contributed by atoms with Crippen molar-refractivity contribution in [3.8, 4) is 0 Å². The van der Waals surface area contributed by atoms with Crippen LogP contribution in [-0.4, -0.2) is 15.4 Å². The van der Waals surface area contributed by atoms with Crippen LogP contribution in [0.4, 0.5) is 0 Å². The van der Waals surface area contributed by atoms with Crippen LogP contribution < -0.4 is 0 Å². The van der Waals surface area contributed by atoms with Crippen LogP contribution in [0.25, 0.3) is 0 Å². The zero-order valence-corrected chi connectivity index (χ0v) is 4.52. The summed E-state index contributed by atoms with van der Waals surface area (Å²) < 4.78 is 0. The lowest BCUT2D eigenvalue weighted by molar-refractivity contribution is 0.926. The van der Waals surface area contributed by atoms with E-state index >= 15 is 0 Å². The minimum Gasteiger partial charge on any atom is -0.265 e. The Hall–Kier alpha value is -0.510. The summed E-state index contributed by atoms with van der Waals surface area (Å²) in [6.45, 7) is 0. The van der Waals surface area contributed by atoms with Gasteiger partial charge in [0.1, 0.15) is 0 Å². The monoisotopic (exact) mass is 115 g/mol. The van der Waals surface area contributed by atoms with Gasteiger partial charge in [-0.05, 0) is 0 Å². The molecule has 0 spiro atoms. The second-order valence-corrected chi connectivity index (χ2v) is 1.44. The number of hydrogen-bond acceptors (Lipinski definition) is 3. The van der Waals surface area contributed by atoms with E-state index in [2.05, 4.69) is 28.0 Å². The molecule has 0 unspecified atom stereocenters. The van der Waals surface area contributed by atoms with E-state index in [1.165, 1.54) is 0 Å². The van der Waals surface area contributed by atoms with E-state index in [0.29, 0.717) is 5.75 Å². The van der Waals surface area contributed by atoms with Crippen molar-refractivity contribution in [2.45, 2.75) is 5.75 Å². The van der Waals surface area contributed by atoms with E-state index < -0.39 is 0 Å². The van der Waals surface area contributed by atoms with Gasteiger partial charge in [-0.15, -0.1) is 5.10 Å². The zero-order chi connectivity index (χ0) is 5.11. The van der Waals surface area contributed by atoms with Crippen LogP contribution in [0, 0.1) is 0 Å². The van der Waals surface area contributed by atoms with Crippen LogP contribution in [-0.2, 0) is 5.75 Å². The number of nitrogens with zero attached hydrogens (tertiary/aromatic N) is 2. The van der Waals surface area contributed by atoms with Crippen molar-refractivity contribution >= 4 is 12.6 Å². The Morgan fingerprint density at radius 3 is 3.00 bits per heavy atom. The van der Waals surface area contributed by atoms with Gasteiger partial charge >= 0.3 is 0 Å². The van der Waals surface area contributed by atoms with E-state index in [0.717, 1.165) is 5.69 Å². The lowest BCUT2D eigenvalue weighted by Crippen LogP contribution is -1.73. The molecule has 1 heterocycles. The molecule has 0 fully saturated rings. The Bertz CT molecular complexity index is 125. The SMILES string of the molecule is SCc1c[nH]nn1. The third-order valence-electron chi connectivity index (χ3n) is 0.629. The lowest BCUT2D eigenvalue weighted by Gasteiger charge is -1.74. The second-order valence-electron chi connectivity index (χ2n) is 1.12. The maximum Gasteiger partial charge on any atom is 0.0920 e. The zero-order valence-electron chi connectivity index (χ0n) is 3.63. The summed E-state index contributed by atoms with van der Waals surface area (Å²) in [6.07, 6.45) is 1.72. The summed E-state index contributed by atoms with van der Waals surface area (Å²) in [5, 5.41) is 9.69. The fourth-order valence-electron chi connectivity index (χ4n) is 0.303. The molecule has 0 aromatic carbocycles. The van der Waals surface area contributed by atoms with E-state index in [-0.39, 0.29) is 0 Å². The molecule has 0 saturated carbocycles. The average molecular weight is 115 g/mol. The molecule has 0 aliphatic heterocycles. The minimum atomic E-state index is 0.649. The lowest BCUT2D eigenvalue weighted by atomic mass is 10.6. The molecule has 1 aromatic heterocycles. The molecule has 1 aromatic rings. The maximum absolute atomic E-state index is 3.95. The van der Waals surface area contributed by atoms with E-state index in [9.17, 15) is 0 Å². The minimum absolute atomic E-state index is 0.649. The summed E-state index contributed by atoms with van der Waals surface area (Å²) in [4.78, 5) is 0. The first-order valence-corrected chi connectivity index (χ1v) is 2.53. The molecular weight excluding hydrogens is 110 g/mol. The summed E-state index contributed by atoms with van der Waals surface area (Å²) in [5.41, 5.74) is 0.878. The smallest absolute Gasteiger partial charge is 0.0920 e. The Balaban J connectivity index is 2.76. The summed E-state index contributed by atoms with van der Waals surface area (Å²) >= 11 is 3.95. The Morgan fingerprint density at radius 2 is 2.71 bits per heavy atom. The Kier molecular flexibility index (Phi) is 1.31.